The summed E-state index contributed by atoms with van der Waals surface area (Å²) in [5.41, 5.74) is -3.33. The fourth-order valence-corrected chi connectivity index (χ4v) is 2.70. The highest BCUT2D eigenvalue weighted by Crippen LogP contribution is 2.50. The molecule has 0 atom stereocenters. The van der Waals surface area contributed by atoms with Gasteiger partial charge in [-0.3, -0.25) is 9.48 Å². The number of hydrogen-bond donors (Lipinski definition) is 1. The molecule has 1 N–H and O–H groups in total. The van der Waals surface area contributed by atoms with E-state index in [-0.39, 0.29) is 25.9 Å². The van der Waals surface area contributed by atoms with E-state index in [2.05, 4.69) is 10.4 Å². The standard InChI is InChI=1S/C13H15F6N3O/c14-12(15,16)9-7-21-22(8-9)6-5-20-10(23)11(13(17,18)19)3-1-2-4-11/h7-8H,1-6H2,(H,20,23). The maximum atomic E-state index is 13.1. The third-order valence-corrected chi connectivity index (χ3v) is 4.02. The Kier molecular flexibility index (Phi) is 4.63. The molecule has 0 bridgehead atoms. The predicted molar refractivity (Wildman–Crippen MR) is 67.2 cm³/mol. The second-order valence-electron chi connectivity index (χ2n) is 5.53. The molecule has 1 aliphatic carbocycles. The summed E-state index contributed by atoms with van der Waals surface area (Å²) in [4.78, 5) is 11.9. The molecule has 0 radical (unpaired) electrons. The van der Waals surface area contributed by atoms with E-state index in [9.17, 15) is 31.1 Å². The van der Waals surface area contributed by atoms with Gasteiger partial charge >= 0.3 is 12.4 Å². The van der Waals surface area contributed by atoms with Crippen LogP contribution in [0.1, 0.15) is 31.2 Å². The Morgan fingerprint density at radius 3 is 2.30 bits per heavy atom. The van der Waals surface area contributed by atoms with E-state index in [0.717, 1.165) is 10.9 Å². The summed E-state index contributed by atoms with van der Waals surface area (Å²) in [6, 6.07) is 0. The second-order valence-corrected chi connectivity index (χ2v) is 5.53. The van der Waals surface area contributed by atoms with Crippen LogP contribution in [0.3, 0.4) is 0 Å². The fraction of sp³-hybridized carbons (Fsp3) is 0.692. The van der Waals surface area contributed by atoms with Crippen molar-refractivity contribution >= 4 is 5.91 Å². The number of nitrogens with one attached hydrogen (secondary N) is 1. The zero-order valence-corrected chi connectivity index (χ0v) is 12.0. The van der Waals surface area contributed by atoms with Crippen molar-refractivity contribution in [3.05, 3.63) is 18.0 Å². The smallest absolute Gasteiger partial charge is 0.353 e. The van der Waals surface area contributed by atoms with Gasteiger partial charge in [0.25, 0.3) is 0 Å². The molecule has 4 nitrogen and oxygen atoms in total. The zero-order valence-electron chi connectivity index (χ0n) is 12.0. The molecule has 0 spiro atoms. The lowest BCUT2D eigenvalue weighted by Crippen LogP contribution is -2.49. The number of nitrogens with zero attached hydrogens (tertiary/aromatic N) is 2. The van der Waals surface area contributed by atoms with Crippen molar-refractivity contribution in [1.82, 2.24) is 15.1 Å². The summed E-state index contributed by atoms with van der Waals surface area (Å²) in [5.74, 6) is -1.12. The lowest BCUT2D eigenvalue weighted by molar-refractivity contribution is -0.220. The van der Waals surface area contributed by atoms with Gasteiger partial charge in [0.05, 0.1) is 18.3 Å². The predicted octanol–water partition coefficient (Wildman–Crippen LogP) is 3.14. The first-order valence-electron chi connectivity index (χ1n) is 7.01. The van der Waals surface area contributed by atoms with Crippen molar-refractivity contribution in [3.63, 3.8) is 0 Å². The molecule has 2 rings (SSSR count). The minimum atomic E-state index is -4.64. The van der Waals surface area contributed by atoms with Crippen LogP contribution in [0.2, 0.25) is 0 Å². The van der Waals surface area contributed by atoms with Gasteiger partial charge in [-0.2, -0.15) is 31.4 Å². The molecular weight excluding hydrogens is 328 g/mol. The first-order chi connectivity index (χ1) is 10.6. The molecule has 1 heterocycles. The Bertz CT molecular complexity index is 557. The molecule has 130 valence electrons. The molecule has 0 aromatic carbocycles. The highest BCUT2D eigenvalue weighted by atomic mass is 19.4. The topological polar surface area (TPSA) is 46.9 Å². The van der Waals surface area contributed by atoms with Crippen molar-refractivity contribution in [2.24, 2.45) is 5.41 Å². The van der Waals surface area contributed by atoms with E-state index in [4.69, 9.17) is 0 Å². The van der Waals surface area contributed by atoms with Crippen molar-refractivity contribution in [1.29, 1.82) is 0 Å². The number of halogens is 6. The maximum absolute atomic E-state index is 13.1. The molecule has 10 heteroatoms. The number of rotatable bonds is 4. The molecule has 1 amide bonds. The van der Waals surface area contributed by atoms with Gasteiger partial charge in [0.15, 0.2) is 0 Å². The number of carbonyl (C=O) groups is 1. The molecule has 0 unspecified atom stereocenters. The number of hydrogen-bond acceptors (Lipinski definition) is 2. The maximum Gasteiger partial charge on any atom is 0.419 e. The quantitative estimate of drug-likeness (QED) is 0.854. The first-order valence-corrected chi connectivity index (χ1v) is 7.01. The summed E-state index contributed by atoms with van der Waals surface area (Å²) in [5, 5.41) is 5.63. The molecule has 1 aromatic rings. The first kappa shape index (κ1) is 17.6. The largest absolute Gasteiger partial charge is 0.419 e. The molecule has 1 aliphatic rings. The van der Waals surface area contributed by atoms with E-state index in [1.54, 1.807) is 0 Å². The molecular formula is C13H15F6N3O. The van der Waals surface area contributed by atoms with Gasteiger partial charge in [-0.15, -0.1) is 0 Å². The lowest BCUT2D eigenvalue weighted by atomic mass is 9.84. The molecule has 0 saturated heterocycles. The van der Waals surface area contributed by atoms with Gasteiger partial charge in [0, 0.05) is 12.7 Å². The van der Waals surface area contributed by atoms with Crippen molar-refractivity contribution in [2.45, 2.75) is 44.6 Å². The third-order valence-electron chi connectivity index (χ3n) is 4.02. The summed E-state index contributed by atoms with van der Waals surface area (Å²) in [6.45, 7) is -0.370. The van der Waals surface area contributed by atoms with Crippen LogP contribution in [0, 0.1) is 5.41 Å². The molecule has 23 heavy (non-hydrogen) atoms. The monoisotopic (exact) mass is 343 g/mol. The van der Waals surface area contributed by atoms with E-state index < -0.39 is 29.2 Å². The normalized spacial score (nSPS) is 18.2. The van der Waals surface area contributed by atoms with Gasteiger partial charge in [-0.1, -0.05) is 12.8 Å². The van der Waals surface area contributed by atoms with E-state index in [1.807, 2.05) is 0 Å². The van der Waals surface area contributed by atoms with Crippen LogP contribution < -0.4 is 5.32 Å². The summed E-state index contributed by atoms with van der Waals surface area (Å²) in [6.07, 6.45) is -7.70. The lowest BCUT2D eigenvalue weighted by Gasteiger charge is -2.30. The Balaban J connectivity index is 1.93. The van der Waals surface area contributed by atoms with Gasteiger partial charge in [0.1, 0.15) is 5.41 Å². The van der Waals surface area contributed by atoms with Crippen molar-refractivity contribution < 1.29 is 31.1 Å². The summed E-state index contributed by atoms with van der Waals surface area (Å²) < 4.78 is 77.5. The molecule has 0 aliphatic heterocycles. The van der Waals surface area contributed by atoms with Gasteiger partial charge in [-0.25, -0.2) is 0 Å². The molecule has 1 saturated carbocycles. The average Bonchev–Trinajstić information content (AvgIpc) is 3.06. The van der Waals surface area contributed by atoms with Crippen LogP contribution in [0.5, 0.6) is 0 Å². The van der Waals surface area contributed by atoms with Crippen LogP contribution in [0.25, 0.3) is 0 Å². The second kappa shape index (κ2) is 6.04. The minimum Gasteiger partial charge on any atom is -0.353 e. The summed E-state index contributed by atoms with van der Waals surface area (Å²) >= 11 is 0. The Labute approximate surface area is 127 Å². The zero-order chi connectivity index (χ0) is 17.3. The average molecular weight is 343 g/mol. The van der Waals surface area contributed by atoms with Crippen LogP contribution >= 0.6 is 0 Å². The SMILES string of the molecule is O=C(NCCn1cc(C(F)(F)F)cn1)C1(C(F)(F)F)CCCC1. The fourth-order valence-electron chi connectivity index (χ4n) is 2.70. The minimum absolute atomic E-state index is 0.143. The van der Waals surface area contributed by atoms with E-state index in [1.165, 1.54) is 0 Å². The van der Waals surface area contributed by atoms with Gasteiger partial charge in [-0.05, 0) is 12.8 Å². The van der Waals surface area contributed by atoms with E-state index >= 15 is 0 Å². The number of carbonyl (C=O) groups excluding carboxylic acids is 1. The van der Waals surface area contributed by atoms with Crippen LogP contribution in [-0.4, -0.2) is 28.4 Å². The number of alkyl halides is 6. The van der Waals surface area contributed by atoms with Crippen molar-refractivity contribution in [2.75, 3.05) is 6.54 Å². The summed E-state index contributed by atoms with van der Waals surface area (Å²) in [7, 11) is 0. The highest BCUT2D eigenvalue weighted by Gasteiger charge is 2.60. The molecule has 1 aromatic heterocycles. The van der Waals surface area contributed by atoms with Crippen LogP contribution in [-0.2, 0) is 17.5 Å². The Hall–Kier alpha value is -1.74. The number of aromatic nitrogens is 2. The number of amides is 1. The highest BCUT2D eigenvalue weighted by molar-refractivity contribution is 5.83. The Morgan fingerprint density at radius 1 is 1.22 bits per heavy atom. The third kappa shape index (κ3) is 3.61. The van der Waals surface area contributed by atoms with Crippen molar-refractivity contribution in [3.8, 4) is 0 Å². The van der Waals surface area contributed by atoms with Gasteiger partial charge < -0.3 is 5.32 Å². The molecule has 1 fully saturated rings. The van der Waals surface area contributed by atoms with E-state index in [0.29, 0.717) is 19.0 Å². The van der Waals surface area contributed by atoms with Crippen LogP contribution in [0.15, 0.2) is 12.4 Å². The van der Waals surface area contributed by atoms with Crippen LogP contribution in [0.4, 0.5) is 26.3 Å². The Morgan fingerprint density at radius 2 is 1.83 bits per heavy atom. The van der Waals surface area contributed by atoms with Gasteiger partial charge in [0.2, 0.25) is 5.91 Å².